The maximum absolute atomic E-state index is 13.1. The second kappa shape index (κ2) is 7.80. The molecule has 2 aromatic carbocycles. The summed E-state index contributed by atoms with van der Waals surface area (Å²) in [6.45, 7) is 6.37. The van der Waals surface area contributed by atoms with Crippen LogP contribution in [0, 0.1) is 6.92 Å². The fourth-order valence-electron chi connectivity index (χ4n) is 4.13. The smallest absolute Gasteiger partial charge is 0.243 e. The maximum Gasteiger partial charge on any atom is 0.243 e. The molecule has 2 saturated heterocycles. The number of amides is 1. The van der Waals surface area contributed by atoms with E-state index in [9.17, 15) is 13.2 Å². The van der Waals surface area contributed by atoms with Gasteiger partial charge in [0, 0.05) is 50.0 Å². The first-order chi connectivity index (χ1) is 13.9. The topological polar surface area (TPSA) is 60.9 Å². The number of carbonyl (C=O) groups is 1. The number of hydrogen-bond acceptors (Lipinski definition) is 4. The first-order valence-electron chi connectivity index (χ1n) is 10.1. The van der Waals surface area contributed by atoms with Gasteiger partial charge in [-0.05, 0) is 56.7 Å². The lowest BCUT2D eigenvalue weighted by Gasteiger charge is -2.40. The van der Waals surface area contributed by atoms with Crippen LogP contribution in [0.15, 0.2) is 53.4 Å². The summed E-state index contributed by atoms with van der Waals surface area (Å²) in [5.41, 5.74) is 3.10. The van der Waals surface area contributed by atoms with Crippen molar-refractivity contribution in [3.8, 4) is 0 Å². The second-order valence-corrected chi connectivity index (χ2v) is 9.82. The lowest BCUT2D eigenvalue weighted by Crippen LogP contribution is -2.53. The first-order valence-corrected chi connectivity index (χ1v) is 11.5. The molecular formula is C22H27N3O3S. The SMILES string of the molecule is Cc1ccc(N2CCN(S(=O)(=O)c3ccc(N4CCCC4=O)cc3)C[C@H]2C)cc1. The Morgan fingerprint density at radius 2 is 1.55 bits per heavy atom. The van der Waals surface area contributed by atoms with Gasteiger partial charge in [0.15, 0.2) is 0 Å². The molecule has 0 saturated carbocycles. The molecule has 2 aliphatic rings. The van der Waals surface area contributed by atoms with E-state index in [1.54, 1.807) is 33.5 Å². The molecule has 0 aliphatic carbocycles. The molecule has 2 aliphatic heterocycles. The maximum atomic E-state index is 13.1. The lowest BCUT2D eigenvalue weighted by atomic mass is 10.1. The van der Waals surface area contributed by atoms with E-state index in [1.807, 2.05) is 0 Å². The van der Waals surface area contributed by atoms with Crippen LogP contribution in [0.2, 0.25) is 0 Å². The van der Waals surface area contributed by atoms with Crippen LogP contribution in [0.25, 0.3) is 0 Å². The molecule has 0 radical (unpaired) electrons. The number of nitrogens with zero attached hydrogens (tertiary/aromatic N) is 3. The summed E-state index contributed by atoms with van der Waals surface area (Å²) in [6, 6.07) is 15.1. The van der Waals surface area contributed by atoms with Crippen LogP contribution in [-0.2, 0) is 14.8 Å². The van der Waals surface area contributed by atoms with Crippen molar-refractivity contribution in [1.82, 2.24) is 4.31 Å². The molecule has 1 amide bonds. The van der Waals surface area contributed by atoms with E-state index in [1.165, 1.54) is 5.56 Å². The molecule has 2 aromatic rings. The number of rotatable bonds is 4. The molecule has 154 valence electrons. The molecule has 6 nitrogen and oxygen atoms in total. The number of piperazine rings is 1. The van der Waals surface area contributed by atoms with Gasteiger partial charge in [-0.25, -0.2) is 8.42 Å². The summed E-state index contributed by atoms with van der Waals surface area (Å²) >= 11 is 0. The van der Waals surface area contributed by atoms with Gasteiger partial charge in [0.1, 0.15) is 0 Å². The highest BCUT2D eigenvalue weighted by atomic mass is 32.2. The Bertz CT molecular complexity index is 987. The first kappa shape index (κ1) is 19.9. The van der Waals surface area contributed by atoms with E-state index in [0.717, 1.165) is 17.8 Å². The predicted molar refractivity (Wildman–Crippen MR) is 115 cm³/mol. The van der Waals surface area contributed by atoms with Gasteiger partial charge < -0.3 is 9.80 Å². The second-order valence-electron chi connectivity index (χ2n) is 7.88. The highest BCUT2D eigenvalue weighted by molar-refractivity contribution is 7.89. The average Bonchev–Trinajstić information content (AvgIpc) is 3.15. The third-order valence-corrected chi connectivity index (χ3v) is 7.69. The molecule has 4 rings (SSSR count). The molecule has 1 atom stereocenters. The molecule has 2 heterocycles. The van der Waals surface area contributed by atoms with Gasteiger partial charge in [-0.2, -0.15) is 4.31 Å². The molecular weight excluding hydrogens is 386 g/mol. The number of aryl methyl sites for hydroxylation is 1. The molecule has 0 unspecified atom stereocenters. The summed E-state index contributed by atoms with van der Waals surface area (Å²) in [5, 5.41) is 0. The molecule has 0 aromatic heterocycles. The van der Waals surface area contributed by atoms with Gasteiger partial charge >= 0.3 is 0 Å². The summed E-state index contributed by atoms with van der Waals surface area (Å²) < 4.78 is 27.9. The largest absolute Gasteiger partial charge is 0.366 e. The van der Waals surface area contributed by atoms with Gasteiger partial charge in [-0.15, -0.1) is 0 Å². The molecule has 7 heteroatoms. The number of hydrogen-bond donors (Lipinski definition) is 0. The van der Waals surface area contributed by atoms with Crippen molar-refractivity contribution in [2.45, 2.75) is 37.6 Å². The van der Waals surface area contributed by atoms with Crippen LogP contribution >= 0.6 is 0 Å². The molecule has 0 N–H and O–H groups in total. The summed E-state index contributed by atoms with van der Waals surface area (Å²) in [7, 11) is -3.56. The third kappa shape index (κ3) is 3.89. The van der Waals surface area contributed by atoms with Crippen LogP contribution in [0.5, 0.6) is 0 Å². The van der Waals surface area contributed by atoms with Gasteiger partial charge in [-0.3, -0.25) is 4.79 Å². The standard InChI is InChI=1S/C22H27N3O3S/c1-17-5-7-19(8-6-17)24-15-14-23(16-18(24)2)29(27,28)21-11-9-20(10-12-21)25-13-3-4-22(25)26/h5-12,18H,3-4,13-16H2,1-2H3/t18-/m1/s1. The number of benzene rings is 2. The average molecular weight is 414 g/mol. The number of anilines is 2. The van der Waals surface area contributed by atoms with Gasteiger partial charge in [0.2, 0.25) is 15.9 Å². The van der Waals surface area contributed by atoms with E-state index < -0.39 is 10.0 Å². The highest BCUT2D eigenvalue weighted by Crippen LogP contribution is 2.27. The van der Waals surface area contributed by atoms with Gasteiger partial charge in [0.05, 0.1) is 4.90 Å². The predicted octanol–water partition coefficient (Wildman–Crippen LogP) is 3.02. The minimum Gasteiger partial charge on any atom is -0.366 e. The zero-order chi connectivity index (χ0) is 20.6. The molecule has 0 spiro atoms. The lowest BCUT2D eigenvalue weighted by molar-refractivity contribution is -0.117. The summed E-state index contributed by atoms with van der Waals surface area (Å²) in [6.07, 6.45) is 1.41. The van der Waals surface area contributed by atoms with E-state index in [-0.39, 0.29) is 16.8 Å². The van der Waals surface area contributed by atoms with E-state index in [4.69, 9.17) is 0 Å². The van der Waals surface area contributed by atoms with Crippen molar-refractivity contribution < 1.29 is 13.2 Å². The van der Waals surface area contributed by atoms with Crippen molar-refractivity contribution in [1.29, 1.82) is 0 Å². The van der Waals surface area contributed by atoms with Gasteiger partial charge in [-0.1, -0.05) is 17.7 Å². The minimum absolute atomic E-state index is 0.0859. The Labute approximate surface area is 172 Å². The van der Waals surface area contributed by atoms with Crippen LogP contribution < -0.4 is 9.80 Å². The Balaban J connectivity index is 1.48. The Morgan fingerprint density at radius 1 is 0.897 bits per heavy atom. The van der Waals surface area contributed by atoms with E-state index >= 15 is 0 Å². The van der Waals surface area contributed by atoms with Crippen molar-refractivity contribution in [2.24, 2.45) is 0 Å². The fraction of sp³-hybridized carbons (Fsp3) is 0.409. The Kier molecular flexibility index (Phi) is 5.36. The highest BCUT2D eigenvalue weighted by Gasteiger charge is 2.32. The summed E-state index contributed by atoms with van der Waals surface area (Å²) in [5.74, 6) is 0.0988. The van der Waals surface area contributed by atoms with Gasteiger partial charge in [0.25, 0.3) is 0 Å². The normalized spacial score (nSPS) is 21.0. The van der Waals surface area contributed by atoms with Crippen molar-refractivity contribution >= 4 is 27.3 Å². The molecule has 0 bridgehead atoms. The number of sulfonamides is 1. The van der Waals surface area contributed by atoms with Crippen molar-refractivity contribution in [2.75, 3.05) is 36.0 Å². The van der Waals surface area contributed by atoms with Crippen molar-refractivity contribution in [3.05, 3.63) is 54.1 Å². The third-order valence-electron chi connectivity index (χ3n) is 5.82. The zero-order valence-electron chi connectivity index (χ0n) is 16.9. The zero-order valence-corrected chi connectivity index (χ0v) is 17.7. The Morgan fingerprint density at radius 3 is 2.14 bits per heavy atom. The Hall–Kier alpha value is -2.38. The summed E-state index contributed by atoms with van der Waals surface area (Å²) in [4.78, 5) is 16.2. The van der Waals surface area contributed by atoms with Crippen LogP contribution in [0.4, 0.5) is 11.4 Å². The van der Waals surface area contributed by atoms with Crippen LogP contribution in [0.1, 0.15) is 25.3 Å². The molecule has 2 fully saturated rings. The fourth-order valence-corrected chi connectivity index (χ4v) is 5.64. The van der Waals surface area contributed by atoms with Crippen LogP contribution in [-0.4, -0.2) is 50.9 Å². The van der Waals surface area contributed by atoms with Crippen LogP contribution in [0.3, 0.4) is 0 Å². The van der Waals surface area contributed by atoms with E-state index in [0.29, 0.717) is 32.6 Å². The number of carbonyl (C=O) groups excluding carboxylic acids is 1. The van der Waals surface area contributed by atoms with E-state index in [2.05, 4.69) is 43.0 Å². The van der Waals surface area contributed by atoms with Crippen molar-refractivity contribution in [3.63, 3.8) is 0 Å². The quantitative estimate of drug-likeness (QED) is 0.773. The molecule has 29 heavy (non-hydrogen) atoms. The monoisotopic (exact) mass is 413 g/mol. The minimum atomic E-state index is -3.56.